The van der Waals surface area contributed by atoms with E-state index in [9.17, 15) is 17.6 Å². The van der Waals surface area contributed by atoms with Gasteiger partial charge in [-0.3, -0.25) is 0 Å². The van der Waals surface area contributed by atoms with Gasteiger partial charge in [0.25, 0.3) is 0 Å². The van der Waals surface area contributed by atoms with Crippen LogP contribution in [0.2, 0.25) is 0 Å². The van der Waals surface area contributed by atoms with Gasteiger partial charge in [0.2, 0.25) is 10.0 Å². The van der Waals surface area contributed by atoms with Crippen molar-refractivity contribution in [1.82, 2.24) is 4.31 Å². The van der Waals surface area contributed by atoms with Gasteiger partial charge in [0, 0.05) is 6.54 Å². The SMILES string of the molecule is Cc1cccc(COC(=O)c2ccc([C@H]3Nc4ccccc4S(=O)(=O)N3Cc3ccc(F)cc3)cc2)c1. The van der Waals surface area contributed by atoms with Crippen LogP contribution in [0.1, 0.15) is 38.8 Å². The van der Waals surface area contributed by atoms with E-state index in [1.807, 2.05) is 31.2 Å². The number of rotatable bonds is 6. The molecule has 1 aliphatic rings. The molecule has 5 rings (SSSR count). The van der Waals surface area contributed by atoms with Crippen molar-refractivity contribution in [2.75, 3.05) is 5.32 Å². The highest BCUT2D eigenvalue weighted by Crippen LogP contribution is 2.39. The van der Waals surface area contributed by atoms with Crippen LogP contribution in [0.4, 0.5) is 10.1 Å². The van der Waals surface area contributed by atoms with Crippen LogP contribution in [0, 0.1) is 12.7 Å². The lowest BCUT2D eigenvalue weighted by atomic mass is 10.1. The Morgan fingerprint density at radius 2 is 1.65 bits per heavy atom. The van der Waals surface area contributed by atoms with E-state index >= 15 is 0 Å². The first-order chi connectivity index (χ1) is 17.8. The van der Waals surface area contributed by atoms with Crippen molar-refractivity contribution >= 4 is 21.7 Å². The van der Waals surface area contributed by atoms with Crippen LogP contribution in [0.15, 0.2) is 102 Å². The number of para-hydroxylation sites is 1. The second kappa shape index (κ2) is 10.2. The zero-order valence-electron chi connectivity index (χ0n) is 20.1. The monoisotopic (exact) mass is 516 g/mol. The Balaban J connectivity index is 1.41. The van der Waals surface area contributed by atoms with Gasteiger partial charge in [0.15, 0.2) is 0 Å². The Morgan fingerprint density at radius 1 is 0.919 bits per heavy atom. The molecule has 4 aromatic rings. The molecule has 0 fully saturated rings. The second-order valence-electron chi connectivity index (χ2n) is 8.91. The lowest BCUT2D eigenvalue weighted by Gasteiger charge is -2.37. The number of sulfonamides is 1. The minimum atomic E-state index is -3.87. The summed E-state index contributed by atoms with van der Waals surface area (Å²) in [5.74, 6) is -0.860. The second-order valence-corrected chi connectivity index (χ2v) is 10.8. The summed E-state index contributed by atoms with van der Waals surface area (Å²) >= 11 is 0. The number of aryl methyl sites for hydroxylation is 1. The number of ether oxygens (including phenoxy) is 1. The zero-order chi connectivity index (χ0) is 26.0. The minimum absolute atomic E-state index is 0.0366. The van der Waals surface area contributed by atoms with E-state index in [-0.39, 0.29) is 18.0 Å². The van der Waals surface area contributed by atoms with E-state index < -0.39 is 28.0 Å². The lowest BCUT2D eigenvalue weighted by Crippen LogP contribution is -2.42. The first-order valence-corrected chi connectivity index (χ1v) is 13.2. The van der Waals surface area contributed by atoms with Crippen LogP contribution in [-0.2, 0) is 27.9 Å². The summed E-state index contributed by atoms with van der Waals surface area (Å²) in [6, 6.07) is 26.9. The van der Waals surface area contributed by atoms with E-state index in [1.165, 1.54) is 16.4 Å². The van der Waals surface area contributed by atoms with Crippen molar-refractivity contribution < 1.29 is 22.3 Å². The molecular weight excluding hydrogens is 491 g/mol. The zero-order valence-corrected chi connectivity index (χ0v) is 20.9. The van der Waals surface area contributed by atoms with Gasteiger partial charge in [-0.05, 0) is 60.0 Å². The highest BCUT2D eigenvalue weighted by atomic mass is 32.2. The van der Waals surface area contributed by atoms with Crippen LogP contribution >= 0.6 is 0 Å². The summed E-state index contributed by atoms with van der Waals surface area (Å²) in [5, 5.41) is 3.31. The topological polar surface area (TPSA) is 75.7 Å². The average Bonchev–Trinajstić information content (AvgIpc) is 2.90. The van der Waals surface area contributed by atoms with E-state index in [2.05, 4.69) is 5.32 Å². The maximum atomic E-state index is 13.6. The number of esters is 1. The fraction of sp³-hybridized carbons (Fsp3) is 0.138. The number of hydrogen-bond donors (Lipinski definition) is 1. The van der Waals surface area contributed by atoms with Crippen molar-refractivity contribution in [3.8, 4) is 0 Å². The third-order valence-corrected chi connectivity index (χ3v) is 8.09. The summed E-state index contributed by atoms with van der Waals surface area (Å²) in [7, 11) is -3.87. The third-order valence-electron chi connectivity index (χ3n) is 6.22. The number of carbonyl (C=O) groups excluding carboxylic acids is 1. The normalized spacial score (nSPS) is 16.4. The van der Waals surface area contributed by atoms with Crippen LogP contribution in [0.5, 0.6) is 0 Å². The van der Waals surface area contributed by atoms with Crippen LogP contribution in [0.3, 0.4) is 0 Å². The van der Waals surface area contributed by atoms with Crippen LogP contribution < -0.4 is 5.32 Å². The van der Waals surface area contributed by atoms with E-state index in [0.29, 0.717) is 22.4 Å². The first-order valence-electron chi connectivity index (χ1n) is 11.8. The van der Waals surface area contributed by atoms with Gasteiger partial charge < -0.3 is 10.1 Å². The molecule has 37 heavy (non-hydrogen) atoms. The van der Waals surface area contributed by atoms with Gasteiger partial charge in [-0.15, -0.1) is 0 Å². The average molecular weight is 517 g/mol. The molecule has 0 bridgehead atoms. The molecule has 1 atom stereocenters. The highest BCUT2D eigenvalue weighted by Gasteiger charge is 2.38. The molecule has 1 aliphatic heterocycles. The molecule has 0 saturated heterocycles. The molecule has 0 amide bonds. The smallest absolute Gasteiger partial charge is 0.338 e. The number of nitrogens with zero attached hydrogens (tertiary/aromatic N) is 1. The maximum absolute atomic E-state index is 13.6. The number of nitrogens with one attached hydrogen (secondary N) is 1. The fourth-order valence-corrected chi connectivity index (χ4v) is 6.01. The predicted octanol–water partition coefficient (Wildman–Crippen LogP) is 5.81. The Kier molecular flexibility index (Phi) is 6.78. The molecule has 0 spiro atoms. The lowest BCUT2D eigenvalue weighted by molar-refractivity contribution is 0.0472. The number of carbonyl (C=O) groups is 1. The van der Waals surface area contributed by atoms with Gasteiger partial charge >= 0.3 is 5.97 Å². The van der Waals surface area contributed by atoms with Crippen molar-refractivity contribution in [1.29, 1.82) is 0 Å². The molecule has 0 radical (unpaired) electrons. The highest BCUT2D eigenvalue weighted by molar-refractivity contribution is 7.89. The molecule has 0 saturated carbocycles. The van der Waals surface area contributed by atoms with E-state index in [0.717, 1.165) is 11.1 Å². The van der Waals surface area contributed by atoms with Gasteiger partial charge in [-0.25, -0.2) is 17.6 Å². The number of hydrogen-bond acceptors (Lipinski definition) is 5. The Labute approximate surface area is 215 Å². The minimum Gasteiger partial charge on any atom is -0.457 e. The van der Waals surface area contributed by atoms with Crippen LogP contribution in [0.25, 0.3) is 0 Å². The summed E-state index contributed by atoms with van der Waals surface area (Å²) in [5.41, 5.74) is 4.13. The van der Waals surface area contributed by atoms with Gasteiger partial charge in [-0.2, -0.15) is 4.31 Å². The van der Waals surface area contributed by atoms with Gasteiger partial charge in [-0.1, -0.05) is 66.2 Å². The molecule has 8 heteroatoms. The van der Waals surface area contributed by atoms with Crippen molar-refractivity contribution in [2.45, 2.75) is 31.1 Å². The summed E-state index contributed by atoms with van der Waals surface area (Å²) in [6.07, 6.45) is -0.734. The summed E-state index contributed by atoms with van der Waals surface area (Å²) in [6.45, 7) is 2.17. The molecule has 1 heterocycles. The molecule has 0 unspecified atom stereocenters. The van der Waals surface area contributed by atoms with E-state index in [4.69, 9.17) is 4.74 Å². The molecule has 4 aromatic carbocycles. The Bertz CT molecular complexity index is 1540. The number of benzene rings is 4. The number of anilines is 1. The molecule has 0 aromatic heterocycles. The number of halogens is 1. The number of fused-ring (bicyclic) bond motifs is 1. The molecule has 1 N–H and O–H groups in total. The van der Waals surface area contributed by atoms with Gasteiger partial charge in [0.05, 0.1) is 11.3 Å². The predicted molar refractivity (Wildman–Crippen MR) is 139 cm³/mol. The third kappa shape index (κ3) is 5.26. The van der Waals surface area contributed by atoms with Gasteiger partial charge in [0.1, 0.15) is 23.5 Å². The summed E-state index contributed by atoms with van der Waals surface area (Å²) < 4.78 is 47.5. The standard InChI is InChI=1S/C29H25FN2O4S/c1-20-5-4-6-22(17-20)19-36-29(33)24-13-11-23(12-14-24)28-31-26-7-2-3-8-27(26)37(34,35)32(28)18-21-9-15-25(30)16-10-21/h2-17,28,31H,18-19H2,1H3/t28-/m0/s1. The van der Waals surface area contributed by atoms with E-state index in [1.54, 1.807) is 60.7 Å². The molecule has 188 valence electrons. The molecular formula is C29H25FN2O4S. The van der Waals surface area contributed by atoms with Crippen molar-refractivity contribution in [3.63, 3.8) is 0 Å². The molecule has 0 aliphatic carbocycles. The molecule has 6 nitrogen and oxygen atoms in total. The quantitative estimate of drug-likeness (QED) is 0.328. The van der Waals surface area contributed by atoms with Crippen molar-refractivity contribution in [2.24, 2.45) is 0 Å². The maximum Gasteiger partial charge on any atom is 0.338 e. The Hall–Kier alpha value is -4.01. The summed E-state index contributed by atoms with van der Waals surface area (Å²) in [4.78, 5) is 12.8. The fourth-order valence-electron chi connectivity index (χ4n) is 4.33. The first kappa shape index (κ1) is 24.7. The largest absolute Gasteiger partial charge is 0.457 e. The van der Waals surface area contributed by atoms with Crippen molar-refractivity contribution in [3.05, 3.63) is 131 Å². The van der Waals surface area contributed by atoms with Crippen LogP contribution in [-0.4, -0.2) is 18.7 Å². The Morgan fingerprint density at radius 3 is 2.38 bits per heavy atom.